The number of aromatic nitrogens is 4. The first-order chi connectivity index (χ1) is 8.56. The zero-order chi connectivity index (χ0) is 13.1. The molecular formula is C11H14N6O. The molecule has 0 atom stereocenters. The summed E-state index contributed by atoms with van der Waals surface area (Å²) in [6.45, 7) is 2.14. The van der Waals surface area contributed by atoms with E-state index in [2.05, 4.69) is 20.4 Å². The highest BCUT2D eigenvalue weighted by atomic mass is 16.2. The van der Waals surface area contributed by atoms with Crippen molar-refractivity contribution < 1.29 is 4.79 Å². The third kappa shape index (κ3) is 2.62. The van der Waals surface area contributed by atoms with Gasteiger partial charge in [-0.25, -0.2) is 0 Å². The van der Waals surface area contributed by atoms with Crippen molar-refractivity contribution >= 4 is 11.6 Å². The van der Waals surface area contributed by atoms with Gasteiger partial charge in [0.1, 0.15) is 0 Å². The molecule has 0 radical (unpaired) electrons. The summed E-state index contributed by atoms with van der Waals surface area (Å²) in [6.07, 6.45) is 4.86. The second kappa shape index (κ2) is 4.82. The average molecular weight is 246 g/mol. The third-order valence-corrected chi connectivity index (χ3v) is 2.34. The largest absolute Gasteiger partial charge is 0.396 e. The van der Waals surface area contributed by atoms with Gasteiger partial charge in [-0.3, -0.25) is 19.4 Å². The highest BCUT2D eigenvalue weighted by Crippen LogP contribution is 2.07. The summed E-state index contributed by atoms with van der Waals surface area (Å²) in [6, 6.07) is 0. The Morgan fingerprint density at radius 1 is 1.44 bits per heavy atom. The lowest BCUT2D eigenvalue weighted by molar-refractivity contribution is 0.0945. The molecule has 94 valence electrons. The Balaban J connectivity index is 2.00. The first-order valence-corrected chi connectivity index (χ1v) is 5.41. The van der Waals surface area contributed by atoms with E-state index < -0.39 is 0 Å². The Morgan fingerprint density at radius 3 is 2.78 bits per heavy atom. The first kappa shape index (κ1) is 12.0. The number of hydrogen-bond donors (Lipinski definition) is 2. The molecule has 0 fully saturated rings. The van der Waals surface area contributed by atoms with Crippen LogP contribution in [0.5, 0.6) is 0 Å². The van der Waals surface area contributed by atoms with Gasteiger partial charge in [0.25, 0.3) is 5.91 Å². The van der Waals surface area contributed by atoms with Gasteiger partial charge in [0.2, 0.25) is 0 Å². The molecule has 0 saturated heterocycles. The fraction of sp³-hybridized carbons (Fsp3) is 0.273. The average Bonchev–Trinajstić information content (AvgIpc) is 2.67. The maximum Gasteiger partial charge on any atom is 0.274 e. The van der Waals surface area contributed by atoms with Crippen LogP contribution in [0.4, 0.5) is 5.69 Å². The normalized spacial score (nSPS) is 10.3. The van der Waals surface area contributed by atoms with Gasteiger partial charge in [0, 0.05) is 19.4 Å². The molecule has 2 aromatic heterocycles. The van der Waals surface area contributed by atoms with Crippen LogP contribution in [0.15, 0.2) is 18.6 Å². The van der Waals surface area contributed by atoms with E-state index in [0.29, 0.717) is 17.9 Å². The lowest BCUT2D eigenvalue weighted by atomic mass is 10.3. The number of rotatable bonds is 3. The van der Waals surface area contributed by atoms with Gasteiger partial charge in [-0.15, -0.1) is 0 Å². The molecule has 0 aromatic carbocycles. The second-order valence-electron chi connectivity index (χ2n) is 3.94. The molecule has 1 amide bonds. The molecule has 2 heterocycles. The van der Waals surface area contributed by atoms with Crippen molar-refractivity contribution in [2.24, 2.45) is 7.05 Å². The van der Waals surface area contributed by atoms with Crippen LogP contribution in [-0.2, 0) is 13.6 Å². The molecule has 0 spiro atoms. The number of nitrogens with two attached hydrogens (primary N) is 1. The van der Waals surface area contributed by atoms with Crippen LogP contribution in [0, 0.1) is 6.92 Å². The molecule has 7 nitrogen and oxygen atoms in total. The van der Waals surface area contributed by atoms with Gasteiger partial charge in [0.15, 0.2) is 5.69 Å². The van der Waals surface area contributed by atoms with Gasteiger partial charge in [-0.2, -0.15) is 5.10 Å². The summed E-state index contributed by atoms with van der Waals surface area (Å²) in [5.41, 5.74) is 7.75. The van der Waals surface area contributed by atoms with E-state index in [0.717, 1.165) is 5.69 Å². The molecule has 0 unspecified atom stereocenters. The van der Waals surface area contributed by atoms with Crippen molar-refractivity contribution in [1.82, 2.24) is 25.1 Å². The van der Waals surface area contributed by atoms with Crippen LogP contribution in [0.3, 0.4) is 0 Å². The van der Waals surface area contributed by atoms with E-state index in [1.165, 1.54) is 4.68 Å². The van der Waals surface area contributed by atoms with Crippen LogP contribution >= 0.6 is 0 Å². The summed E-state index contributed by atoms with van der Waals surface area (Å²) >= 11 is 0. The molecule has 0 aliphatic heterocycles. The van der Waals surface area contributed by atoms with Gasteiger partial charge < -0.3 is 11.1 Å². The number of amides is 1. The standard InChI is InChI=1S/C11H14N6O/c1-7-3-14-8(4-13-7)5-15-11(18)10-9(12)6-17(2)16-10/h3-4,6H,5,12H2,1-2H3,(H,15,18). The van der Waals surface area contributed by atoms with E-state index in [-0.39, 0.29) is 11.6 Å². The molecule has 0 saturated carbocycles. The maximum absolute atomic E-state index is 11.8. The van der Waals surface area contributed by atoms with Crippen LogP contribution in [0.25, 0.3) is 0 Å². The fourth-order valence-corrected chi connectivity index (χ4v) is 1.45. The number of carbonyl (C=O) groups excluding carboxylic acids is 1. The summed E-state index contributed by atoms with van der Waals surface area (Å²) in [7, 11) is 1.71. The Kier molecular flexibility index (Phi) is 3.22. The van der Waals surface area contributed by atoms with E-state index in [9.17, 15) is 4.79 Å². The van der Waals surface area contributed by atoms with Gasteiger partial charge >= 0.3 is 0 Å². The Labute approximate surface area is 104 Å². The van der Waals surface area contributed by atoms with Crippen LogP contribution < -0.4 is 11.1 Å². The van der Waals surface area contributed by atoms with E-state index in [1.54, 1.807) is 25.6 Å². The monoisotopic (exact) mass is 246 g/mol. The number of anilines is 1. The molecular weight excluding hydrogens is 232 g/mol. The van der Waals surface area contributed by atoms with E-state index >= 15 is 0 Å². The summed E-state index contributed by atoms with van der Waals surface area (Å²) in [4.78, 5) is 20.0. The molecule has 18 heavy (non-hydrogen) atoms. The number of aryl methyl sites for hydroxylation is 2. The quantitative estimate of drug-likeness (QED) is 0.796. The zero-order valence-corrected chi connectivity index (χ0v) is 10.2. The number of nitrogens with one attached hydrogen (secondary N) is 1. The molecule has 0 bridgehead atoms. The lowest BCUT2D eigenvalue weighted by Gasteiger charge is -2.03. The highest BCUT2D eigenvalue weighted by Gasteiger charge is 2.13. The van der Waals surface area contributed by atoms with E-state index in [1.807, 2.05) is 6.92 Å². The maximum atomic E-state index is 11.8. The van der Waals surface area contributed by atoms with Gasteiger partial charge in [-0.1, -0.05) is 0 Å². The minimum atomic E-state index is -0.324. The highest BCUT2D eigenvalue weighted by molar-refractivity contribution is 5.96. The summed E-state index contributed by atoms with van der Waals surface area (Å²) < 4.78 is 1.50. The van der Waals surface area contributed by atoms with Gasteiger partial charge in [-0.05, 0) is 6.92 Å². The number of carbonyl (C=O) groups is 1. The number of nitrogen functional groups attached to an aromatic ring is 1. The predicted octanol–water partition coefficient (Wildman–Crippen LogP) is 0.0307. The first-order valence-electron chi connectivity index (χ1n) is 5.41. The molecule has 2 aromatic rings. The van der Waals surface area contributed by atoms with Gasteiger partial charge in [0.05, 0.1) is 29.8 Å². The molecule has 0 aliphatic carbocycles. The molecule has 7 heteroatoms. The minimum absolute atomic E-state index is 0.220. The van der Waals surface area contributed by atoms with Crippen LogP contribution in [0.2, 0.25) is 0 Å². The van der Waals surface area contributed by atoms with Crippen molar-refractivity contribution in [2.45, 2.75) is 13.5 Å². The SMILES string of the molecule is Cc1cnc(CNC(=O)c2nn(C)cc2N)cn1. The summed E-state index contributed by atoms with van der Waals surface area (Å²) in [5.74, 6) is -0.324. The van der Waals surface area contributed by atoms with Crippen LogP contribution in [-0.4, -0.2) is 25.7 Å². The molecule has 2 rings (SSSR count). The van der Waals surface area contributed by atoms with Crippen molar-refractivity contribution in [2.75, 3.05) is 5.73 Å². The Morgan fingerprint density at radius 2 is 2.22 bits per heavy atom. The summed E-state index contributed by atoms with van der Waals surface area (Å²) in [5, 5.41) is 6.67. The fourth-order valence-electron chi connectivity index (χ4n) is 1.45. The van der Waals surface area contributed by atoms with Crippen LogP contribution in [0.1, 0.15) is 21.9 Å². The van der Waals surface area contributed by atoms with Crippen molar-refractivity contribution in [3.8, 4) is 0 Å². The van der Waals surface area contributed by atoms with E-state index in [4.69, 9.17) is 5.73 Å². The minimum Gasteiger partial charge on any atom is -0.396 e. The molecule has 0 aliphatic rings. The lowest BCUT2D eigenvalue weighted by Crippen LogP contribution is -2.24. The van der Waals surface area contributed by atoms with Crippen molar-refractivity contribution in [3.05, 3.63) is 35.7 Å². The molecule has 3 N–H and O–H groups in total. The van der Waals surface area contributed by atoms with Crippen molar-refractivity contribution in [1.29, 1.82) is 0 Å². The zero-order valence-electron chi connectivity index (χ0n) is 10.2. The number of hydrogen-bond acceptors (Lipinski definition) is 5. The smallest absolute Gasteiger partial charge is 0.274 e. The van der Waals surface area contributed by atoms with Crippen molar-refractivity contribution in [3.63, 3.8) is 0 Å². The predicted molar refractivity (Wildman–Crippen MR) is 65.6 cm³/mol. The second-order valence-corrected chi connectivity index (χ2v) is 3.94. The topological polar surface area (TPSA) is 98.7 Å². The Bertz CT molecular complexity index is 559. The Hall–Kier alpha value is -2.44. The third-order valence-electron chi connectivity index (χ3n) is 2.34. The number of nitrogens with zero attached hydrogens (tertiary/aromatic N) is 4.